The van der Waals surface area contributed by atoms with Gasteiger partial charge in [-0.2, -0.15) is 0 Å². The van der Waals surface area contributed by atoms with Crippen LogP contribution in [0.15, 0.2) is 30.5 Å². The summed E-state index contributed by atoms with van der Waals surface area (Å²) >= 11 is 0. The van der Waals surface area contributed by atoms with Crippen LogP contribution in [0.5, 0.6) is 5.75 Å². The van der Waals surface area contributed by atoms with Crippen LogP contribution in [0.1, 0.15) is 0 Å². The minimum absolute atomic E-state index is 0.651. The Hall–Kier alpha value is -1.81. The number of likely N-dealkylation sites (N-methyl/N-ethyl adjacent to an activating group) is 1. The van der Waals surface area contributed by atoms with Crippen molar-refractivity contribution in [3.63, 3.8) is 0 Å². The number of fused-ring (bicyclic) bond motifs is 1. The highest BCUT2D eigenvalue weighted by Gasteiger charge is 2.03. The predicted octanol–water partition coefficient (Wildman–Crippen LogP) is 1.76. The lowest BCUT2D eigenvalue weighted by Gasteiger charge is -2.12. The minimum atomic E-state index is 0.651. The summed E-state index contributed by atoms with van der Waals surface area (Å²) in [6.45, 7) is 1.53. The number of rotatable bonds is 4. The van der Waals surface area contributed by atoms with Crippen molar-refractivity contribution in [2.24, 2.45) is 0 Å². The number of pyridine rings is 1. The Kier molecular flexibility index (Phi) is 3.44. The number of ether oxygens (including phenoxy) is 1. The van der Waals surface area contributed by atoms with Crippen molar-refractivity contribution in [3.05, 3.63) is 30.5 Å². The van der Waals surface area contributed by atoms with E-state index in [1.54, 1.807) is 6.20 Å². The quantitative estimate of drug-likeness (QED) is 0.815. The van der Waals surface area contributed by atoms with E-state index in [4.69, 9.17) is 10.5 Å². The van der Waals surface area contributed by atoms with Crippen LogP contribution in [0, 0.1) is 0 Å². The molecule has 0 saturated carbocycles. The lowest BCUT2D eigenvalue weighted by molar-refractivity contribution is 0.262. The zero-order chi connectivity index (χ0) is 12.3. The van der Waals surface area contributed by atoms with Crippen molar-refractivity contribution in [3.8, 4) is 5.75 Å². The number of nitrogens with zero attached hydrogens (tertiary/aromatic N) is 2. The van der Waals surface area contributed by atoms with Crippen LogP contribution < -0.4 is 10.5 Å². The molecule has 0 unspecified atom stereocenters. The summed E-state index contributed by atoms with van der Waals surface area (Å²) in [6.07, 6.45) is 1.74. The van der Waals surface area contributed by atoms with Crippen molar-refractivity contribution in [2.45, 2.75) is 0 Å². The Balaban J connectivity index is 2.19. The fraction of sp³-hybridized carbons (Fsp3) is 0.308. The smallest absolute Gasteiger partial charge is 0.122 e. The lowest BCUT2D eigenvalue weighted by Crippen LogP contribution is -2.19. The van der Waals surface area contributed by atoms with Crippen LogP contribution in [0.4, 0.5) is 5.69 Å². The summed E-state index contributed by atoms with van der Waals surface area (Å²) in [4.78, 5) is 6.32. The van der Waals surface area contributed by atoms with E-state index in [1.807, 2.05) is 38.4 Å². The average molecular weight is 231 g/mol. The van der Waals surface area contributed by atoms with E-state index in [0.29, 0.717) is 12.3 Å². The van der Waals surface area contributed by atoms with Crippen LogP contribution in [-0.2, 0) is 0 Å². The van der Waals surface area contributed by atoms with Gasteiger partial charge in [0.2, 0.25) is 0 Å². The first-order chi connectivity index (χ1) is 8.16. The van der Waals surface area contributed by atoms with E-state index in [0.717, 1.165) is 23.2 Å². The molecule has 0 amide bonds. The predicted molar refractivity (Wildman–Crippen MR) is 70.2 cm³/mol. The molecule has 0 saturated heterocycles. The van der Waals surface area contributed by atoms with Crippen molar-refractivity contribution in [1.29, 1.82) is 0 Å². The number of hydrogen-bond acceptors (Lipinski definition) is 4. The molecule has 2 aromatic rings. The van der Waals surface area contributed by atoms with Gasteiger partial charge in [-0.3, -0.25) is 4.98 Å². The number of nitrogen functional groups attached to an aromatic ring is 1. The summed E-state index contributed by atoms with van der Waals surface area (Å²) in [5.41, 5.74) is 7.42. The standard InChI is InChI=1S/C13H17N3O/c1-16(2)6-7-17-11-8-10-4-3-5-15-13(10)12(14)9-11/h3-5,8-9H,6-7,14H2,1-2H3. The minimum Gasteiger partial charge on any atom is -0.492 e. The number of benzene rings is 1. The first-order valence-corrected chi connectivity index (χ1v) is 5.58. The van der Waals surface area contributed by atoms with E-state index < -0.39 is 0 Å². The van der Waals surface area contributed by atoms with E-state index in [9.17, 15) is 0 Å². The van der Waals surface area contributed by atoms with Gasteiger partial charge in [-0.1, -0.05) is 6.07 Å². The van der Waals surface area contributed by atoms with Crippen LogP contribution in [-0.4, -0.2) is 37.1 Å². The van der Waals surface area contributed by atoms with Gasteiger partial charge in [0.05, 0.1) is 11.2 Å². The third-order valence-electron chi connectivity index (χ3n) is 2.52. The van der Waals surface area contributed by atoms with Gasteiger partial charge in [-0.25, -0.2) is 0 Å². The molecular formula is C13H17N3O. The van der Waals surface area contributed by atoms with E-state index in [-0.39, 0.29) is 0 Å². The molecule has 0 bridgehead atoms. The van der Waals surface area contributed by atoms with Crippen molar-refractivity contribution < 1.29 is 4.74 Å². The molecule has 17 heavy (non-hydrogen) atoms. The topological polar surface area (TPSA) is 51.4 Å². The highest BCUT2D eigenvalue weighted by molar-refractivity contribution is 5.90. The van der Waals surface area contributed by atoms with E-state index in [2.05, 4.69) is 9.88 Å². The Bertz CT molecular complexity index is 511. The third-order valence-corrected chi connectivity index (χ3v) is 2.52. The van der Waals surface area contributed by atoms with Gasteiger partial charge in [0.15, 0.2) is 0 Å². The Morgan fingerprint density at radius 3 is 2.94 bits per heavy atom. The highest BCUT2D eigenvalue weighted by atomic mass is 16.5. The molecule has 4 nitrogen and oxygen atoms in total. The molecule has 0 radical (unpaired) electrons. The van der Waals surface area contributed by atoms with Gasteiger partial charge < -0.3 is 15.4 Å². The monoisotopic (exact) mass is 231 g/mol. The summed E-state index contributed by atoms with van der Waals surface area (Å²) in [7, 11) is 4.03. The molecule has 1 aromatic carbocycles. The average Bonchev–Trinajstić information content (AvgIpc) is 2.28. The molecule has 0 aliphatic rings. The lowest BCUT2D eigenvalue weighted by atomic mass is 10.2. The summed E-state index contributed by atoms with van der Waals surface area (Å²) in [6, 6.07) is 7.67. The maximum atomic E-state index is 5.94. The number of anilines is 1. The first kappa shape index (κ1) is 11.7. The van der Waals surface area contributed by atoms with Gasteiger partial charge in [0, 0.05) is 24.2 Å². The number of aromatic nitrogens is 1. The van der Waals surface area contributed by atoms with Gasteiger partial charge in [0.25, 0.3) is 0 Å². The van der Waals surface area contributed by atoms with Crippen LogP contribution >= 0.6 is 0 Å². The fourth-order valence-electron chi connectivity index (χ4n) is 1.62. The van der Waals surface area contributed by atoms with Crippen LogP contribution in [0.25, 0.3) is 10.9 Å². The van der Waals surface area contributed by atoms with Crippen molar-refractivity contribution in [1.82, 2.24) is 9.88 Å². The molecule has 0 fully saturated rings. The second-order valence-electron chi connectivity index (χ2n) is 4.24. The SMILES string of the molecule is CN(C)CCOc1cc(N)c2ncccc2c1. The molecule has 2 N–H and O–H groups in total. The zero-order valence-electron chi connectivity index (χ0n) is 10.2. The number of nitrogens with two attached hydrogens (primary N) is 1. The summed E-state index contributed by atoms with van der Waals surface area (Å²) in [5.74, 6) is 0.796. The number of hydrogen-bond donors (Lipinski definition) is 1. The van der Waals surface area contributed by atoms with Crippen LogP contribution in [0.2, 0.25) is 0 Å². The molecule has 2 rings (SSSR count). The fourth-order valence-corrected chi connectivity index (χ4v) is 1.62. The molecule has 0 atom stereocenters. The summed E-state index contributed by atoms with van der Waals surface area (Å²) in [5, 5.41) is 1.01. The van der Waals surface area contributed by atoms with Crippen molar-refractivity contribution >= 4 is 16.6 Å². The second-order valence-corrected chi connectivity index (χ2v) is 4.24. The highest BCUT2D eigenvalue weighted by Crippen LogP contribution is 2.25. The van der Waals surface area contributed by atoms with E-state index >= 15 is 0 Å². The largest absolute Gasteiger partial charge is 0.492 e. The zero-order valence-corrected chi connectivity index (χ0v) is 10.2. The molecule has 90 valence electrons. The van der Waals surface area contributed by atoms with Crippen LogP contribution in [0.3, 0.4) is 0 Å². The normalized spacial score (nSPS) is 11.0. The van der Waals surface area contributed by atoms with Gasteiger partial charge in [-0.05, 0) is 26.2 Å². The second kappa shape index (κ2) is 5.01. The molecule has 1 aromatic heterocycles. The first-order valence-electron chi connectivity index (χ1n) is 5.58. The molecule has 0 aliphatic carbocycles. The molecule has 0 aliphatic heterocycles. The van der Waals surface area contributed by atoms with Crippen molar-refractivity contribution in [2.75, 3.05) is 33.0 Å². The van der Waals surface area contributed by atoms with Gasteiger partial charge in [0.1, 0.15) is 12.4 Å². The van der Waals surface area contributed by atoms with Gasteiger partial charge >= 0.3 is 0 Å². The maximum absolute atomic E-state index is 5.94. The molecule has 0 spiro atoms. The third kappa shape index (κ3) is 2.85. The van der Waals surface area contributed by atoms with Gasteiger partial charge in [-0.15, -0.1) is 0 Å². The Labute approximate surface area is 101 Å². The Morgan fingerprint density at radius 1 is 1.35 bits per heavy atom. The summed E-state index contributed by atoms with van der Waals surface area (Å²) < 4.78 is 5.66. The Morgan fingerprint density at radius 2 is 2.18 bits per heavy atom. The van der Waals surface area contributed by atoms with E-state index in [1.165, 1.54) is 0 Å². The molecular weight excluding hydrogens is 214 g/mol. The molecule has 1 heterocycles. The molecule has 4 heteroatoms. The maximum Gasteiger partial charge on any atom is 0.122 e.